The van der Waals surface area contributed by atoms with Gasteiger partial charge in [-0.25, -0.2) is 0 Å². The van der Waals surface area contributed by atoms with E-state index in [1.54, 1.807) is 0 Å². The number of rotatable bonds is 5. The molecular weight excluding hydrogens is 250 g/mol. The van der Waals surface area contributed by atoms with Gasteiger partial charge in [0.25, 0.3) is 0 Å². The third-order valence-corrected chi connectivity index (χ3v) is 4.30. The maximum Gasteiger partial charge on any atom is 0.0190 e. The van der Waals surface area contributed by atoms with Crippen LogP contribution in [0.2, 0.25) is 0 Å². The third kappa shape index (κ3) is 4.12. The molecular formula is C17H21NS. The average Bonchev–Trinajstić information content (AvgIpc) is 2.40. The predicted octanol–water partition coefficient (Wildman–Crippen LogP) is 4.20. The molecule has 0 saturated heterocycles. The number of aryl methyl sites for hydroxylation is 2. The normalized spacial score (nSPS) is 10.7. The van der Waals surface area contributed by atoms with Crippen molar-refractivity contribution in [1.82, 2.24) is 0 Å². The summed E-state index contributed by atoms with van der Waals surface area (Å²) in [5, 5.41) is 0. The molecule has 0 unspecified atom stereocenters. The van der Waals surface area contributed by atoms with Crippen LogP contribution in [0.5, 0.6) is 0 Å². The Kier molecular flexibility index (Phi) is 5.06. The van der Waals surface area contributed by atoms with Crippen molar-refractivity contribution < 1.29 is 0 Å². The Morgan fingerprint density at radius 1 is 0.947 bits per heavy atom. The van der Waals surface area contributed by atoms with Gasteiger partial charge >= 0.3 is 0 Å². The van der Waals surface area contributed by atoms with Crippen LogP contribution in [0.3, 0.4) is 0 Å². The summed E-state index contributed by atoms with van der Waals surface area (Å²) in [5.74, 6) is 2.13. The van der Waals surface area contributed by atoms with Crippen LogP contribution >= 0.6 is 11.8 Å². The van der Waals surface area contributed by atoms with Crippen LogP contribution in [-0.4, -0.2) is 0 Å². The number of benzene rings is 2. The van der Waals surface area contributed by atoms with Crippen LogP contribution in [0.1, 0.15) is 27.8 Å². The molecule has 2 aromatic carbocycles. The number of thioether (sulfide) groups is 1. The Morgan fingerprint density at radius 3 is 2.47 bits per heavy atom. The Hall–Kier alpha value is -1.25. The van der Waals surface area contributed by atoms with Crippen LogP contribution in [0.4, 0.5) is 0 Å². The van der Waals surface area contributed by atoms with Gasteiger partial charge in [0.05, 0.1) is 0 Å². The fraction of sp³-hybridized carbons (Fsp3) is 0.294. The molecule has 0 aliphatic carbocycles. The molecule has 0 radical (unpaired) electrons. The van der Waals surface area contributed by atoms with Crippen LogP contribution in [0, 0.1) is 13.8 Å². The van der Waals surface area contributed by atoms with Crippen molar-refractivity contribution in [2.75, 3.05) is 0 Å². The lowest BCUT2D eigenvalue weighted by atomic mass is 10.1. The summed E-state index contributed by atoms with van der Waals surface area (Å²) in [5.41, 5.74) is 12.4. The first-order valence-corrected chi connectivity index (χ1v) is 7.76. The van der Waals surface area contributed by atoms with Crippen LogP contribution in [0.25, 0.3) is 0 Å². The Balaban J connectivity index is 1.92. The molecule has 100 valence electrons. The molecule has 0 aromatic heterocycles. The van der Waals surface area contributed by atoms with Gasteiger partial charge in [-0.3, -0.25) is 0 Å². The van der Waals surface area contributed by atoms with Gasteiger partial charge in [-0.2, -0.15) is 11.8 Å². The Morgan fingerprint density at radius 2 is 1.79 bits per heavy atom. The minimum Gasteiger partial charge on any atom is -0.326 e. The standard InChI is InChI=1S/C17H21NS/c1-13-4-3-5-16(8-13)11-19-12-17-7-6-15(10-18)9-14(17)2/h3-9H,10-12,18H2,1-2H3. The Labute approximate surface area is 120 Å². The van der Waals surface area contributed by atoms with E-state index >= 15 is 0 Å². The van der Waals surface area contributed by atoms with Crippen molar-refractivity contribution in [2.45, 2.75) is 31.9 Å². The lowest BCUT2D eigenvalue weighted by Gasteiger charge is -2.08. The highest BCUT2D eigenvalue weighted by Gasteiger charge is 2.01. The fourth-order valence-corrected chi connectivity index (χ4v) is 3.19. The van der Waals surface area contributed by atoms with Crippen molar-refractivity contribution in [3.63, 3.8) is 0 Å². The zero-order valence-electron chi connectivity index (χ0n) is 11.6. The minimum absolute atomic E-state index is 0.623. The summed E-state index contributed by atoms with van der Waals surface area (Å²) in [6.45, 7) is 4.93. The van der Waals surface area contributed by atoms with E-state index in [9.17, 15) is 0 Å². The number of nitrogens with two attached hydrogens (primary N) is 1. The van der Waals surface area contributed by atoms with Crippen molar-refractivity contribution in [3.05, 3.63) is 70.3 Å². The van der Waals surface area contributed by atoms with Crippen LogP contribution < -0.4 is 5.73 Å². The number of hydrogen-bond donors (Lipinski definition) is 1. The third-order valence-electron chi connectivity index (χ3n) is 3.25. The minimum atomic E-state index is 0.623. The maximum absolute atomic E-state index is 5.65. The summed E-state index contributed by atoms with van der Waals surface area (Å²) in [6, 6.07) is 15.3. The van der Waals surface area contributed by atoms with E-state index in [0.717, 1.165) is 11.5 Å². The molecule has 0 spiro atoms. The largest absolute Gasteiger partial charge is 0.326 e. The highest BCUT2D eigenvalue weighted by molar-refractivity contribution is 7.97. The SMILES string of the molecule is Cc1cccc(CSCc2ccc(CN)cc2C)c1. The molecule has 2 aromatic rings. The topological polar surface area (TPSA) is 26.0 Å². The molecule has 0 heterocycles. The van der Waals surface area contributed by atoms with Gasteiger partial charge in [0.15, 0.2) is 0 Å². The predicted molar refractivity (Wildman–Crippen MR) is 85.2 cm³/mol. The van der Waals surface area contributed by atoms with Crippen LogP contribution in [0.15, 0.2) is 42.5 Å². The van der Waals surface area contributed by atoms with E-state index in [-0.39, 0.29) is 0 Å². The smallest absolute Gasteiger partial charge is 0.0190 e. The summed E-state index contributed by atoms with van der Waals surface area (Å²) in [6.07, 6.45) is 0. The zero-order chi connectivity index (χ0) is 13.7. The molecule has 1 nitrogen and oxygen atoms in total. The van der Waals surface area contributed by atoms with Gasteiger partial charge < -0.3 is 5.73 Å². The highest BCUT2D eigenvalue weighted by Crippen LogP contribution is 2.21. The quantitative estimate of drug-likeness (QED) is 0.882. The lowest BCUT2D eigenvalue weighted by Crippen LogP contribution is -1.98. The zero-order valence-corrected chi connectivity index (χ0v) is 12.5. The summed E-state index contributed by atoms with van der Waals surface area (Å²) in [4.78, 5) is 0. The van der Waals surface area contributed by atoms with Gasteiger partial charge in [0.1, 0.15) is 0 Å². The lowest BCUT2D eigenvalue weighted by molar-refractivity contribution is 1.06. The summed E-state index contributed by atoms with van der Waals surface area (Å²) < 4.78 is 0. The van der Waals surface area contributed by atoms with E-state index < -0.39 is 0 Å². The molecule has 0 aliphatic rings. The first-order valence-electron chi connectivity index (χ1n) is 6.61. The van der Waals surface area contributed by atoms with Crippen molar-refractivity contribution >= 4 is 11.8 Å². The van der Waals surface area contributed by atoms with Gasteiger partial charge in [0, 0.05) is 18.1 Å². The number of hydrogen-bond acceptors (Lipinski definition) is 2. The van der Waals surface area contributed by atoms with E-state index in [4.69, 9.17) is 5.73 Å². The summed E-state index contributed by atoms with van der Waals surface area (Å²) in [7, 11) is 0. The molecule has 0 aliphatic heterocycles. The second-order valence-electron chi connectivity index (χ2n) is 4.95. The van der Waals surface area contributed by atoms with Gasteiger partial charge in [-0.15, -0.1) is 0 Å². The van der Waals surface area contributed by atoms with E-state index in [2.05, 4.69) is 56.3 Å². The van der Waals surface area contributed by atoms with Gasteiger partial charge in [-0.05, 0) is 36.1 Å². The van der Waals surface area contributed by atoms with E-state index in [1.807, 2.05) is 11.8 Å². The molecule has 0 fully saturated rings. The monoisotopic (exact) mass is 271 g/mol. The second-order valence-corrected chi connectivity index (χ2v) is 5.93. The fourth-order valence-electron chi connectivity index (χ4n) is 2.13. The molecule has 2 N–H and O–H groups in total. The van der Waals surface area contributed by atoms with Gasteiger partial charge in [-0.1, -0.05) is 48.0 Å². The first-order chi connectivity index (χ1) is 9.19. The van der Waals surface area contributed by atoms with E-state index in [0.29, 0.717) is 6.54 Å². The van der Waals surface area contributed by atoms with Crippen molar-refractivity contribution in [1.29, 1.82) is 0 Å². The Bertz CT molecular complexity index is 549. The molecule has 0 bridgehead atoms. The molecule has 0 atom stereocenters. The summed E-state index contributed by atoms with van der Waals surface area (Å²) >= 11 is 1.96. The second kappa shape index (κ2) is 6.78. The highest BCUT2D eigenvalue weighted by atomic mass is 32.2. The van der Waals surface area contributed by atoms with Crippen LogP contribution in [-0.2, 0) is 18.1 Å². The van der Waals surface area contributed by atoms with E-state index in [1.165, 1.54) is 27.8 Å². The maximum atomic E-state index is 5.65. The molecule has 19 heavy (non-hydrogen) atoms. The molecule has 2 rings (SSSR count). The van der Waals surface area contributed by atoms with Crippen molar-refractivity contribution in [3.8, 4) is 0 Å². The van der Waals surface area contributed by atoms with Gasteiger partial charge in [0.2, 0.25) is 0 Å². The van der Waals surface area contributed by atoms with Crippen molar-refractivity contribution in [2.24, 2.45) is 5.73 Å². The first kappa shape index (κ1) is 14.2. The molecule has 0 saturated carbocycles. The average molecular weight is 271 g/mol. The molecule has 2 heteroatoms. The molecule has 0 amide bonds.